The van der Waals surface area contributed by atoms with Gasteiger partial charge < -0.3 is 10.4 Å². The van der Waals surface area contributed by atoms with Gasteiger partial charge in [0.1, 0.15) is 6.10 Å². The molecular weight excluding hydrogens is 245 g/mol. The van der Waals surface area contributed by atoms with Gasteiger partial charge in [0.15, 0.2) is 0 Å². The molecule has 1 aromatic heterocycles. The Morgan fingerprint density at radius 2 is 1.94 bits per heavy atom. The van der Waals surface area contributed by atoms with Gasteiger partial charge in [-0.05, 0) is 32.9 Å². The van der Waals surface area contributed by atoms with Crippen LogP contribution in [0.1, 0.15) is 38.1 Å². The van der Waals surface area contributed by atoms with Crippen LogP contribution in [0.15, 0.2) is 18.3 Å². The van der Waals surface area contributed by atoms with Crippen molar-refractivity contribution in [1.82, 2.24) is 10.3 Å². The maximum absolute atomic E-state index is 12.5. The van der Waals surface area contributed by atoms with E-state index < -0.39 is 17.8 Å². The van der Waals surface area contributed by atoms with E-state index in [0.717, 1.165) is 18.3 Å². The van der Waals surface area contributed by atoms with Crippen molar-refractivity contribution in [3.63, 3.8) is 0 Å². The van der Waals surface area contributed by atoms with Crippen molar-refractivity contribution in [3.8, 4) is 0 Å². The monoisotopic (exact) mass is 262 g/mol. The van der Waals surface area contributed by atoms with Crippen molar-refractivity contribution in [2.24, 2.45) is 0 Å². The van der Waals surface area contributed by atoms with E-state index in [1.807, 2.05) is 20.8 Å². The molecule has 1 heterocycles. The van der Waals surface area contributed by atoms with E-state index in [0.29, 0.717) is 0 Å². The number of rotatable bonds is 3. The summed E-state index contributed by atoms with van der Waals surface area (Å²) in [5.74, 6) is 0. The average molecular weight is 262 g/mol. The summed E-state index contributed by atoms with van der Waals surface area (Å²) in [6.45, 7) is 5.86. The zero-order valence-electron chi connectivity index (χ0n) is 10.5. The second kappa shape index (κ2) is 5.24. The molecule has 0 spiro atoms. The molecule has 0 aromatic carbocycles. The average Bonchev–Trinajstić information content (AvgIpc) is 2.24. The van der Waals surface area contributed by atoms with Crippen LogP contribution >= 0.6 is 0 Å². The molecule has 2 N–H and O–H groups in total. The van der Waals surface area contributed by atoms with Crippen LogP contribution in [0.4, 0.5) is 13.2 Å². The Morgan fingerprint density at radius 3 is 2.44 bits per heavy atom. The number of nitrogens with zero attached hydrogens (tertiary/aromatic N) is 1. The van der Waals surface area contributed by atoms with E-state index in [1.54, 1.807) is 0 Å². The minimum Gasteiger partial charge on any atom is -0.385 e. The van der Waals surface area contributed by atoms with Gasteiger partial charge in [-0.1, -0.05) is 0 Å². The van der Waals surface area contributed by atoms with E-state index >= 15 is 0 Å². The molecular formula is C12H17F3N2O. The molecule has 0 amide bonds. The lowest BCUT2D eigenvalue weighted by Crippen LogP contribution is -2.38. The van der Waals surface area contributed by atoms with Crippen LogP contribution in [-0.2, 0) is 6.18 Å². The molecule has 102 valence electrons. The standard InChI is InChI=1S/C12H17F3N2O/c1-11(2,3)17-7-10(18)9-6-8(4-5-16-9)12(13,14)15/h4-6,10,17-18H,7H2,1-3H3. The maximum atomic E-state index is 12.5. The largest absolute Gasteiger partial charge is 0.416 e. The lowest BCUT2D eigenvalue weighted by molar-refractivity contribution is -0.137. The van der Waals surface area contributed by atoms with Crippen LogP contribution in [-0.4, -0.2) is 22.2 Å². The van der Waals surface area contributed by atoms with Crippen LogP contribution < -0.4 is 5.32 Å². The summed E-state index contributed by atoms with van der Waals surface area (Å²) in [5.41, 5.74) is -1.01. The van der Waals surface area contributed by atoms with Gasteiger partial charge in [-0.3, -0.25) is 4.98 Å². The number of halogens is 3. The smallest absolute Gasteiger partial charge is 0.385 e. The lowest BCUT2D eigenvalue weighted by atomic mass is 10.1. The third-order valence-electron chi connectivity index (χ3n) is 2.28. The molecule has 0 fully saturated rings. The van der Waals surface area contributed by atoms with Crippen LogP contribution in [0.5, 0.6) is 0 Å². The van der Waals surface area contributed by atoms with Crippen molar-refractivity contribution in [2.75, 3.05) is 6.54 Å². The fourth-order valence-corrected chi connectivity index (χ4v) is 1.31. The maximum Gasteiger partial charge on any atom is 0.416 e. The Hall–Kier alpha value is -1.14. The third-order valence-corrected chi connectivity index (χ3v) is 2.28. The van der Waals surface area contributed by atoms with Crippen LogP contribution in [0.25, 0.3) is 0 Å². The molecule has 0 radical (unpaired) electrons. The Bertz CT molecular complexity index is 399. The first-order valence-electron chi connectivity index (χ1n) is 5.56. The predicted molar refractivity (Wildman–Crippen MR) is 62.0 cm³/mol. The van der Waals surface area contributed by atoms with E-state index in [4.69, 9.17) is 0 Å². The summed E-state index contributed by atoms with van der Waals surface area (Å²) in [7, 11) is 0. The Labute approximate surface area is 104 Å². The highest BCUT2D eigenvalue weighted by atomic mass is 19.4. The zero-order valence-corrected chi connectivity index (χ0v) is 10.5. The highest BCUT2D eigenvalue weighted by molar-refractivity contribution is 5.20. The second-order valence-corrected chi connectivity index (χ2v) is 5.11. The fourth-order valence-electron chi connectivity index (χ4n) is 1.31. The quantitative estimate of drug-likeness (QED) is 0.879. The molecule has 1 rings (SSSR count). The van der Waals surface area contributed by atoms with Gasteiger partial charge in [-0.2, -0.15) is 13.2 Å². The summed E-state index contributed by atoms with van der Waals surface area (Å²) < 4.78 is 37.4. The SMILES string of the molecule is CC(C)(C)NCC(O)c1cc(C(F)(F)F)ccn1. The number of pyridine rings is 1. The number of aliphatic hydroxyl groups excluding tert-OH is 1. The minimum atomic E-state index is -4.42. The van der Waals surface area contributed by atoms with Crippen molar-refractivity contribution in [3.05, 3.63) is 29.6 Å². The van der Waals surface area contributed by atoms with Crippen LogP contribution in [0.3, 0.4) is 0 Å². The van der Waals surface area contributed by atoms with Gasteiger partial charge >= 0.3 is 6.18 Å². The second-order valence-electron chi connectivity index (χ2n) is 5.11. The number of alkyl halides is 3. The van der Waals surface area contributed by atoms with Crippen molar-refractivity contribution < 1.29 is 18.3 Å². The molecule has 0 saturated carbocycles. The van der Waals surface area contributed by atoms with E-state index in [2.05, 4.69) is 10.3 Å². The number of aromatic nitrogens is 1. The highest BCUT2D eigenvalue weighted by Crippen LogP contribution is 2.29. The molecule has 6 heteroatoms. The number of aliphatic hydroxyl groups is 1. The third kappa shape index (κ3) is 4.62. The van der Waals surface area contributed by atoms with Crippen molar-refractivity contribution in [1.29, 1.82) is 0 Å². The number of hydrogen-bond acceptors (Lipinski definition) is 3. The molecule has 1 unspecified atom stereocenters. The normalized spacial score (nSPS) is 14.6. The molecule has 0 aliphatic rings. The molecule has 0 bridgehead atoms. The number of β-amino-alcohol motifs (C(OH)–C–C–N with tert-alkyl or cyclic N) is 1. The fraction of sp³-hybridized carbons (Fsp3) is 0.583. The molecule has 1 atom stereocenters. The molecule has 0 saturated heterocycles. The molecule has 0 aliphatic heterocycles. The predicted octanol–water partition coefficient (Wildman–Crippen LogP) is 2.52. The van der Waals surface area contributed by atoms with E-state index in [-0.39, 0.29) is 17.8 Å². The van der Waals surface area contributed by atoms with Gasteiger partial charge in [0, 0.05) is 18.3 Å². The van der Waals surface area contributed by atoms with E-state index in [9.17, 15) is 18.3 Å². The topological polar surface area (TPSA) is 45.1 Å². The lowest BCUT2D eigenvalue weighted by Gasteiger charge is -2.22. The van der Waals surface area contributed by atoms with Crippen LogP contribution in [0, 0.1) is 0 Å². The van der Waals surface area contributed by atoms with E-state index in [1.165, 1.54) is 0 Å². The Kier molecular flexibility index (Phi) is 4.34. The Morgan fingerprint density at radius 1 is 1.33 bits per heavy atom. The van der Waals surface area contributed by atoms with Gasteiger partial charge in [0.25, 0.3) is 0 Å². The summed E-state index contributed by atoms with van der Waals surface area (Å²) >= 11 is 0. The first kappa shape index (κ1) is 14.9. The molecule has 18 heavy (non-hydrogen) atoms. The van der Waals surface area contributed by atoms with Gasteiger partial charge in [0.05, 0.1) is 11.3 Å². The first-order valence-corrected chi connectivity index (χ1v) is 5.56. The van der Waals surface area contributed by atoms with Gasteiger partial charge in [-0.25, -0.2) is 0 Å². The first-order chi connectivity index (χ1) is 8.09. The molecule has 1 aromatic rings. The Balaban J connectivity index is 2.78. The van der Waals surface area contributed by atoms with Gasteiger partial charge in [0.2, 0.25) is 0 Å². The zero-order chi connectivity index (χ0) is 14.0. The van der Waals surface area contributed by atoms with Crippen molar-refractivity contribution >= 4 is 0 Å². The highest BCUT2D eigenvalue weighted by Gasteiger charge is 2.31. The summed E-state index contributed by atoms with van der Waals surface area (Å²) in [4.78, 5) is 3.76. The van der Waals surface area contributed by atoms with Gasteiger partial charge in [-0.15, -0.1) is 0 Å². The molecule has 0 aliphatic carbocycles. The summed E-state index contributed by atoms with van der Waals surface area (Å²) in [6.07, 6.45) is -4.43. The number of hydrogen-bond donors (Lipinski definition) is 2. The van der Waals surface area contributed by atoms with Crippen molar-refractivity contribution in [2.45, 2.75) is 38.6 Å². The minimum absolute atomic E-state index is 0.0153. The summed E-state index contributed by atoms with van der Waals surface area (Å²) in [6, 6.07) is 1.75. The molecule has 3 nitrogen and oxygen atoms in total. The van der Waals surface area contributed by atoms with Crippen LogP contribution in [0.2, 0.25) is 0 Å². The summed E-state index contributed by atoms with van der Waals surface area (Å²) in [5, 5.41) is 12.8. The number of nitrogens with one attached hydrogen (secondary N) is 1.